The summed E-state index contributed by atoms with van der Waals surface area (Å²) in [6.45, 7) is 5.88. The van der Waals surface area contributed by atoms with E-state index in [0.29, 0.717) is 23.2 Å². The first-order valence-electron chi connectivity index (χ1n) is 8.63. The van der Waals surface area contributed by atoms with Gasteiger partial charge >= 0.3 is 11.7 Å². The molecule has 0 aliphatic carbocycles. The van der Waals surface area contributed by atoms with Gasteiger partial charge in [-0.2, -0.15) is 0 Å². The van der Waals surface area contributed by atoms with Crippen molar-refractivity contribution in [2.75, 3.05) is 12.3 Å². The van der Waals surface area contributed by atoms with E-state index in [1.807, 2.05) is 4.98 Å². The number of hydrogen-bond donors (Lipinski definition) is 3. The predicted octanol–water partition coefficient (Wildman–Crippen LogP) is 0.716. The van der Waals surface area contributed by atoms with Crippen molar-refractivity contribution in [3.8, 4) is 0 Å². The number of aromatic amines is 2. The summed E-state index contributed by atoms with van der Waals surface area (Å²) in [4.78, 5) is 64.9. The Hall–Kier alpha value is -3.43. The lowest BCUT2D eigenvalue weighted by atomic mass is 10.1. The summed E-state index contributed by atoms with van der Waals surface area (Å²) in [6.07, 6.45) is 0.558. The number of nitrogen functional groups attached to an aromatic ring is 1. The zero-order valence-electron chi connectivity index (χ0n) is 16.1. The van der Waals surface area contributed by atoms with Gasteiger partial charge < -0.3 is 15.5 Å². The maximum atomic E-state index is 12.4. The number of H-pyrrole nitrogens is 2. The van der Waals surface area contributed by atoms with Crippen molar-refractivity contribution in [3.63, 3.8) is 0 Å². The van der Waals surface area contributed by atoms with Crippen molar-refractivity contribution in [2.45, 2.75) is 40.7 Å². The second-order valence-corrected chi connectivity index (χ2v) is 6.35. The molecule has 150 valence electrons. The van der Waals surface area contributed by atoms with Gasteiger partial charge in [-0.15, -0.1) is 0 Å². The highest BCUT2D eigenvalue weighted by Crippen LogP contribution is 2.19. The molecule has 0 fully saturated rings. The van der Waals surface area contributed by atoms with Gasteiger partial charge in [-0.3, -0.25) is 23.9 Å². The Balaban J connectivity index is 2.26. The number of nitrogens with zero attached hydrogens (tertiary/aromatic N) is 1. The Morgan fingerprint density at radius 1 is 1.11 bits per heavy atom. The van der Waals surface area contributed by atoms with Crippen LogP contribution in [0.25, 0.3) is 0 Å². The number of carbonyl (C=O) groups is 3. The van der Waals surface area contributed by atoms with Gasteiger partial charge in [0.2, 0.25) is 5.78 Å². The Kier molecular flexibility index (Phi) is 6.02. The van der Waals surface area contributed by atoms with Crippen LogP contribution in [0.2, 0.25) is 0 Å². The molecule has 10 heteroatoms. The van der Waals surface area contributed by atoms with Crippen LogP contribution in [-0.2, 0) is 11.3 Å². The number of rotatable bonds is 7. The number of esters is 1. The second kappa shape index (κ2) is 8.07. The molecule has 2 aromatic heterocycles. The monoisotopic (exact) mass is 390 g/mol. The number of aromatic nitrogens is 3. The largest absolute Gasteiger partial charge is 0.453 e. The highest BCUT2D eigenvalue weighted by molar-refractivity contribution is 6.03. The van der Waals surface area contributed by atoms with Gasteiger partial charge in [-0.25, -0.2) is 9.59 Å². The first kappa shape index (κ1) is 20.9. The molecule has 0 amide bonds. The summed E-state index contributed by atoms with van der Waals surface area (Å²) in [6, 6.07) is 0. The van der Waals surface area contributed by atoms with E-state index in [1.54, 1.807) is 20.8 Å². The molecule has 0 unspecified atom stereocenters. The fraction of sp³-hybridized carbons (Fsp3) is 0.389. The Morgan fingerprint density at radius 2 is 1.75 bits per heavy atom. The molecule has 0 bridgehead atoms. The van der Waals surface area contributed by atoms with Gasteiger partial charge in [0.05, 0.1) is 0 Å². The molecule has 0 spiro atoms. The highest BCUT2D eigenvalue weighted by atomic mass is 16.5. The van der Waals surface area contributed by atoms with E-state index >= 15 is 0 Å². The van der Waals surface area contributed by atoms with Crippen molar-refractivity contribution in [2.24, 2.45) is 0 Å². The number of ketones is 2. The molecule has 0 aromatic carbocycles. The van der Waals surface area contributed by atoms with Gasteiger partial charge in [-0.1, -0.05) is 6.92 Å². The first-order chi connectivity index (χ1) is 13.1. The van der Waals surface area contributed by atoms with Gasteiger partial charge in [0.25, 0.3) is 5.56 Å². The highest BCUT2D eigenvalue weighted by Gasteiger charge is 2.24. The minimum absolute atomic E-state index is 0.0494. The molecule has 10 nitrogen and oxygen atoms in total. The van der Waals surface area contributed by atoms with Gasteiger partial charge in [0.15, 0.2) is 12.4 Å². The fourth-order valence-electron chi connectivity index (χ4n) is 3.06. The molecule has 4 N–H and O–H groups in total. The van der Waals surface area contributed by atoms with Gasteiger partial charge in [0.1, 0.15) is 17.1 Å². The first-order valence-corrected chi connectivity index (χ1v) is 8.63. The summed E-state index contributed by atoms with van der Waals surface area (Å²) in [7, 11) is 0. The molecule has 28 heavy (non-hydrogen) atoms. The van der Waals surface area contributed by atoms with E-state index in [9.17, 15) is 24.0 Å². The van der Waals surface area contributed by atoms with Crippen LogP contribution in [0.5, 0.6) is 0 Å². The molecule has 2 heterocycles. The van der Waals surface area contributed by atoms with Crippen LogP contribution in [0.15, 0.2) is 9.59 Å². The van der Waals surface area contributed by atoms with E-state index in [1.165, 1.54) is 6.92 Å². The summed E-state index contributed by atoms with van der Waals surface area (Å²) in [5.41, 5.74) is 5.06. The molecule has 0 saturated heterocycles. The SMILES string of the molecule is CCCn1c(N)c(C(=O)COC(=O)c2[nH]c(C)c(C(C)=O)c2C)c(=O)[nH]c1=O. The molecule has 0 saturated carbocycles. The van der Waals surface area contributed by atoms with E-state index in [4.69, 9.17) is 10.5 Å². The van der Waals surface area contributed by atoms with Crippen LogP contribution in [0.1, 0.15) is 62.7 Å². The smallest absolute Gasteiger partial charge is 0.355 e. The molecule has 0 atom stereocenters. The molecule has 0 aliphatic heterocycles. The minimum atomic E-state index is -0.943. The molecular weight excluding hydrogens is 368 g/mol. The summed E-state index contributed by atoms with van der Waals surface area (Å²) in [5.74, 6) is -2.18. The number of Topliss-reactive ketones (excluding diaryl/α,β-unsaturated/α-hetero) is 2. The lowest BCUT2D eigenvalue weighted by Crippen LogP contribution is -2.37. The third-order valence-corrected chi connectivity index (χ3v) is 4.29. The summed E-state index contributed by atoms with van der Waals surface area (Å²) < 4.78 is 6.06. The third kappa shape index (κ3) is 3.80. The second-order valence-electron chi connectivity index (χ2n) is 6.35. The number of nitrogens with two attached hydrogens (primary N) is 1. The Bertz CT molecular complexity index is 1070. The van der Waals surface area contributed by atoms with Crippen LogP contribution in [0.3, 0.4) is 0 Å². The number of carbonyl (C=O) groups excluding carboxylic acids is 3. The van der Waals surface area contributed by atoms with Crippen molar-refractivity contribution < 1.29 is 19.1 Å². The van der Waals surface area contributed by atoms with E-state index in [0.717, 1.165) is 4.57 Å². The van der Waals surface area contributed by atoms with E-state index in [-0.39, 0.29) is 23.8 Å². The number of anilines is 1. The fourth-order valence-corrected chi connectivity index (χ4v) is 3.06. The number of ether oxygens (including phenoxy) is 1. The quantitative estimate of drug-likeness (QED) is 0.464. The van der Waals surface area contributed by atoms with Crippen LogP contribution >= 0.6 is 0 Å². The lowest BCUT2D eigenvalue weighted by molar-refractivity contribution is 0.0468. The van der Waals surface area contributed by atoms with Crippen molar-refractivity contribution in [1.82, 2.24) is 14.5 Å². The Morgan fingerprint density at radius 3 is 2.29 bits per heavy atom. The maximum absolute atomic E-state index is 12.4. The number of aryl methyl sites for hydroxylation is 1. The standard InChI is InChI=1S/C18H22N4O6/c1-5-6-22-15(19)13(16(25)21-18(22)27)11(24)7-28-17(26)14-8(2)12(10(4)23)9(3)20-14/h20H,5-7,19H2,1-4H3,(H,21,25,27). The summed E-state index contributed by atoms with van der Waals surface area (Å²) in [5, 5.41) is 0. The van der Waals surface area contributed by atoms with Crippen molar-refractivity contribution in [1.29, 1.82) is 0 Å². The number of hydrogen-bond acceptors (Lipinski definition) is 7. The van der Waals surface area contributed by atoms with Crippen LogP contribution in [-0.4, -0.2) is 38.7 Å². The summed E-state index contributed by atoms with van der Waals surface area (Å²) >= 11 is 0. The average molecular weight is 390 g/mol. The van der Waals surface area contributed by atoms with Gasteiger partial charge in [-0.05, 0) is 32.8 Å². The Labute approximate surface area is 159 Å². The van der Waals surface area contributed by atoms with Crippen molar-refractivity contribution >= 4 is 23.4 Å². The normalized spacial score (nSPS) is 10.7. The van der Waals surface area contributed by atoms with E-state index < -0.39 is 35.2 Å². The van der Waals surface area contributed by atoms with Gasteiger partial charge in [0, 0.05) is 17.8 Å². The minimum Gasteiger partial charge on any atom is -0.453 e. The van der Waals surface area contributed by atoms with Crippen molar-refractivity contribution in [3.05, 3.63) is 48.9 Å². The van der Waals surface area contributed by atoms with Crippen LogP contribution in [0, 0.1) is 13.8 Å². The van der Waals surface area contributed by atoms with Crippen LogP contribution < -0.4 is 17.0 Å². The zero-order chi connectivity index (χ0) is 21.2. The average Bonchev–Trinajstić information content (AvgIpc) is 2.90. The zero-order valence-corrected chi connectivity index (χ0v) is 16.1. The molecule has 2 aromatic rings. The molecular formula is C18H22N4O6. The maximum Gasteiger partial charge on any atom is 0.355 e. The topological polar surface area (TPSA) is 157 Å². The van der Waals surface area contributed by atoms with Crippen LogP contribution in [0.4, 0.5) is 5.82 Å². The lowest BCUT2D eigenvalue weighted by Gasteiger charge is -2.11. The molecule has 2 rings (SSSR count). The number of nitrogens with one attached hydrogen (secondary N) is 2. The third-order valence-electron chi connectivity index (χ3n) is 4.29. The van der Waals surface area contributed by atoms with E-state index in [2.05, 4.69) is 4.98 Å². The molecule has 0 radical (unpaired) electrons. The predicted molar refractivity (Wildman–Crippen MR) is 101 cm³/mol. The molecule has 0 aliphatic rings.